The van der Waals surface area contributed by atoms with Gasteiger partial charge in [0, 0.05) is 23.7 Å². The van der Waals surface area contributed by atoms with E-state index in [1.165, 1.54) is 11.3 Å². The Morgan fingerprint density at radius 2 is 2.20 bits per heavy atom. The number of ether oxygens (including phenoxy) is 1. The number of nitrogens with zero attached hydrogens (tertiary/aromatic N) is 1. The lowest BCUT2D eigenvalue weighted by Crippen LogP contribution is -2.26. The molecule has 6 heteroatoms. The molecule has 0 aromatic carbocycles. The van der Waals surface area contributed by atoms with E-state index in [4.69, 9.17) is 16.3 Å². The number of rotatable bonds is 4. The van der Waals surface area contributed by atoms with Crippen molar-refractivity contribution >= 4 is 39.8 Å². The van der Waals surface area contributed by atoms with Gasteiger partial charge in [0.15, 0.2) is 0 Å². The summed E-state index contributed by atoms with van der Waals surface area (Å²) in [6, 6.07) is 0. The second-order valence-electron chi connectivity index (χ2n) is 4.91. The summed E-state index contributed by atoms with van der Waals surface area (Å²) < 4.78 is 5.11. The molecule has 4 nitrogen and oxygen atoms in total. The maximum atomic E-state index is 12.1. The Morgan fingerprint density at radius 1 is 1.50 bits per heavy atom. The molecule has 110 valence electrons. The van der Waals surface area contributed by atoms with Crippen LogP contribution in [-0.2, 0) is 9.53 Å². The monoisotopic (exact) mass is 315 g/mol. The molecular formula is C14H18ClNO3S. The number of amides is 1. The first-order valence-corrected chi connectivity index (χ1v) is 7.98. The van der Waals surface area contributed by atoms with Gasteiger partial charge < -0.3 is 9.64 Å². The summed E-state index contributed by atoms with van der Waals surface area (Å²) in [6.07, 6.45) is 0.446. The predicted molar refractivity (Wildman–Crippen MR) is 80.9 cm³/mol. The van der Waals surface area contributed by atoms with E-state index in [9.17, 15) is 9.59 Å². The van der Waals surface area contributed by atoms with Crippen molar-refractivity contribution < 1.29 is 14.3 Å². The van der Waals surface area contributed by atoms with E-state index in [0.717, 1.165) is 10.4 Å². The molecule has 0 aliphatic carbocycles. The van der Waals surface area contributed by atoms with Gasteiger partial charge in [-0.15, -0.1) is 22.9 Å². The summed E-state index contributed by atoms with van der Waals surface area (Å²) in [7, 11) is 0. The first-order valence-electron chi connectivity index (χ1n) is 6.63. The lowest BCUT2D eigenvalue weighted by molar-refractivity contribution is -0.117. The smallest absolute Gasteiger partial charge is 0.341 e. The molecular weight excluding hydrogens is 298 g/mol. The van der Waals surface area contributed by atoms with Crippen LogP contribution < -0.4 is 4.90 Å². The average molecular weight is 316 g/mol. The van der Waals surface area contributed by atoms with Crippen molar-refractivity contribution in [2.45, 2.75) is 27.2 Å². The number of alkyl halides is 1. The summed E-state index contributed by atoms with van der Waals surface area (Å²) in [5.74, 6) is 0.288. The number of aryl methyl sites for hydroxylation is 1. The van der Waals surface area contributed by atoms with Gasteiger partial charge in [-0.05, 0) is 32.3 Å². The predicted octanol–water partition coefficient (Wildman–Crippen LogP) is 3.13. The van der Waals surface area contributed by atoms with Crippen molar-refractivity contribution in [3.8, 4) is 0 Å². The Balaban J connectivity index is 2.39. The molecule has 0 saturated carbocycles. The molecule has 0 radical (unpaired) electrons. The molecule has 0 N–H and O–H groups in total. The molecule has 1 amide bonds. The van der Waals surface area contributed by atoms with Crippen LogP contribution in [0.15, 0.2) is 0 Å². The van der Waals surface area contributed by atoms with Crippen LogP contribution in [0.2, 0.25) is 0 Å². The third-order valence-corrected chi connectivity index (χ3v) is 5.18. The maximum absolute atomic E-state index is 12.1. The lowest BCUT2D eigenvalue weighted by Gasteiger charge is -2.16. The van der Waals surface area contributed by atoms with Crippen LogP contribution >= 0.6 is 22.9 Å². The molecule has 2 heterocycles. The number of hydrogen-bond acceptors (Lipinski definition) is 4. The van der Waals surface area contributed by atoms with Crippen LogP contribution in [-0.4, -0.2) is 30.9 Å². The van der Waals surface area contributed by atoms with Crippen LogP contribution in [0.5, 0.6) is 0 Å². The van der Waals surface area contributed by atoms with E-state index in [1.54, 1.807) is 11.8 Å². The molecule has 2 rings (SSSR count). The SMILES string of the molecule is CCOC(=O)c1c(N2CC(CCl)CC2=O)sc(C)c1C. The van der Waals surface area contributed by atoms with Crippen LogP contribution in [0.3, 0.4) is 0 Å². The highest BCUT2D eigenvalue weighted by Gasteiger charge is 2.34. The molecule has 1 unspecified atom stereocenters. The van der Waals surface area contributed by atoms with Crippen molar-refractivity contribution in [3.05, 3.63) is 16.0 Å². The minimum Gasteiger partial charge on any atom is -0.462 e. The average Bonchev–Trinajstić information content (AvgIpc) is 2.91. The van der Waals surface area contributed by atoms with Crippen LogP contribution in [0, 0.1) is 19.8 Å². The molecule has 1 saturated heterocycles. The standard InChI is InChI=1S/C14H18ClNO3S/c1-4-19-14(18)12-8(2)9(3)20-13(12)16-7-10(6-15)5-11(16)17/h10H,4-7H2,1-3H3. The zero-order chi connectivity index (χ0) is 14.9. The van der Waals surface area contributed by atoms with Crippen LogP contribution in [0.25, 0.3) is 0 Å². The summed E-state index contributed by atoms with van der Waals surface area (Å²) in [5.41, 5.74) is 1.42. The second kappa shape index (κ2) is 6.14. The lowest BCUT2D eigenvalue weighted by atomic mass is 10.1. The quantitative estimate of drug-likeness (QED) is 0.633. The highest BCUT2D eigenvalue weighted by atomic mass is 35.5. The van der Waals surface area contributed by atoms with E-state index in [2.05, 4.69) is 0 Å². The minimum absolute atomic E-state index is 0.0300. The molecule has 1 aromatic heterocycles. The topological polar surface area (TPSA) is 46.6 Å². The fraction of sp³-hybridized carbons (Fsp3) is 0.571. The summed E-state index contributed by atoms with van der Waals surface area (Å²) in [5, 5.41) is 0.705. The Kier molecular flexibility index (Phi) is 4.70. The van der Waals surface area contributed by atoms with Crippen LogP contribution in [0.4, 0.5) is 5.00 Å². The van der Waals surface area contributed by atoms with E-state index >= 15 is 0 Å². The zero-order valence-corrected chi connectivity index (χ0v) is 13.4. The molecule has 0 spiro atoms. The number of halogens is 1. The number of esters is 1. The van der Waals surface area contributed by atoms with Crippen molar-refractivity contribution in [1.29, 1.82) is 0 Å². The number of hydrogen-bond donors (Lipinski definition) is 0. The van der Waals surface area contributed by atoms with Gasteiger partial charge >= 0.3 is 5.97 Å². The van der Waals surface area contributed by atoms with E-state index in [-0.39, 0.29) is 17.8 Å². The Hall–Kier alpha value is -1.07. The third-order valence-electron chi connectivity index (χ3n) is 3.51. The highest BCUT2D eigenvalue weighted by molar-refractivity contribution is 7.16. The van der Waals surface area contributed by atoms with Crippen LogP contribution in [0.1, 0.15) is 34.1 Å². The highest BCUT2D eigenvalue weighted by Crippen LogP contribution is 2.39. The fourth-order valence-electron chi connectivity index (χ4n) is 2.32. The first-order chi connectivity index (χ1) is 9.49. The molecule has 1 aliphatic rings. The third kappa shape index (κ3) is 2.69. The van der Waals surface area contributed by atoms with Gasteiger partial charge in [-0.3, -0.25) is 4.79 Å². The van der Waals surface area contributed by atoms with Crippen molar-refractivity contribution in [3.63, 3.8) is 0 Å². The molecule has 0 bridgehead atoms. The summed E-state index contributed by atoms with van der Waals surface area (Å²) in [4.78, 5) is 27.0. The Labute approximate surface area is 127 Å². The van der Waals surface area contributed by atoms with Gasteiger partial charge in [0.2, 0.25) is 5.91 Å². The Bertz CT molecular complexity index is 541. The van der Waals surface area contributed by atoms with Gasteiger partial charge in [-0.25, -0.2) is 4.79 Å². The minimum atomic E-state index is -0.355. The first kappa shape index (κ1) is 15.3. The summed E-state index contributed by atoms with van der Waals surface area (Å²) in [6.45, 7) is 6.52. The van der Waals surface area contributed by atoms with Gasteiger partial charge in [-0.1, -0.05) is 0 Å². The number of anilines is 1. The van der Waals surface area contributed by atoms with Gasteiger partial charge in [0.05, 0.1) is 12.2 Å². The Morgan fingerprint density at radius 3 is 2.75 bits per heavy atom. The molecule has 1 aliphatic heterocycles. The van der Waals surface area contributed by atoms with Gasteiger partial charge in [0.1, 0.15) is 5.00 Å². The summed E-state index contributed by atoms with van der Waals surface area (Å²) >= 11 is 7.32. The van der Waals surface area contributed by atoms with Gasteiger partial charge in [-0.2, -0.15) is 0 Å². The van der Waals surface area contributed by atoms with Crippen molar-refractivity contribution in [2.75, 3.05) is 23.9 Å². The van der Waals surface area contributed by atoms with Gasteiger partial charge in [0.25, 0.3) is 0 Å². The largest absolute Gasteiger partial charge is 0.462 e. The second-order valence-corrected chi connectivity index (χ2v) is 6.42. The zero-order valence-electron chi connectivity index (χ0n) is 11.9. The number of carbonyl (C=O) groups excluding carboxylic acids is 2. The van der Waals surface area contributed by atoms with Crippen molar-refractivity contribution in [2.24, 2.45) is 5.92 Å². The maximum Gasteiger partial charge on any atom is 0.341 e. The molecule has 1 fully saturated rings. The van der Waals surface area contributed by atoms with Crippen molar-refractivity contribution in [1.82, 2.24) is 0 Å². The normalized spacial score (nSPS) is 18.7. The van der Waals surface area contributed by atoms with E-state index in [0.29, 0.717) is 36.0 Å². The van der Waals surface area contributed by atoms with E-state index in [1.807, 2.05) is 13.8 Å². The number of carbonyl (C=O) groups is 2. The fourth-order valence-corrected chi connectivity index (χ4v) is 3.70. The molecule has 20 heavy (non-hydrogen) atoms. The number of thiophene rings is 1. The molecule has 1 aromatic rings. The van der Waals surface area contributed by atoms with E-state index < -0.39 is 0 Å². The molecule has 1 atom stereocenters.